The maximum absolute atomic E-state index is 10.6. The molecule has 0 bridgehead atoms. The number of carboxylic acid groups (broad SMARTS) is 1. The Morgan fingerprint density at radius 1 is 1.44 bits per heavy atom. The number of likely N-dealkylation sites (tertiary alicyclic amines) is 1. The highest BCUT2D eigenvalue weighted by Gasteiger charge is 2.23. The van der Waals surface area contributed by atoms with Gasteiger partial charge in [-0.3, -0.25) is 9.69 Å². The van der Waals surface area contributed by atoms with Gasteiger partial charge in [0.15, 0.2) is 0 Å². The van der Waals surface area contributed by atoms with Gasteiger partial charge in [0.2, 0.25) is 0 Å². The summed E-state index contributed by atoms with van der Waals surface area (Å²) in [5.41, 5.74) is 2.72. The maximum Gasteiger partial charge on any atom is 0.303 e. The molecule has 1 saturated heterocycles. The number of carbonyl (C=O) groups is 1. The van der Waals surface area contributed by atoms with Crippen LogP contribution in [0.15, 0.2) is 24.3 Å². The fourth-order valence-corrected chi connectivity index (χ4v) is 2.65. The van der Waals surface area contributed by atoms with Gasteiger partial charge in [0.05, 0.1) is 0 Å². The van der Waals surface area contributed by atoms with E-state index in [4.69, 9.17) is 5.11 Å². The minimum Gasteiger partial charge on any atom is -0.481 e. The van der Waals surface area contributed by atoms with Gasteiger partial charge >= 0.3 is 5.97 Å². The number of nitrogens with zero attached hydrogens (tertiary/aromatic N) is 1. The number of benzene rings is 1. The third-order valence-electron chi connectivity index (χ3n) is 3.79. The molecule has 0 aliphatic carbocycles. The second-order valence-electron chi connectivity index (χ2n) is 5.25. The van der Waals surface area contributed by atoms with Crippen molar-refractivity contribution in [2.45, 2.75) is 32.7 Å². The van der Waals surface area contributed by atoms with Crippen molar-refractivity contribution in [1.29, 1.82) is 0 Å². The van der Waals surface area contributed by atoms with Crippen LogP contribution in [0.2, 0.25) is 0 Å². The number of aliphatic carboxylic acids is 1. The highest BCUT2D eigenvalue weighted by Crippen LogP contribution is 2.23. The maximum atomic E-state index is 10.6. The predicted octanol–water partition coefficient (Wildman–Crippen LogP) is 2.68. The standard InChI is InChI=1S/C15H21NO2/c1-12-4-2-3-5-14(12)11-16-9-8-13(10-16)6-7-15(17)18/h2-5,13H,6-11H2,1H3,(H,17,18). The molecule has 1 unspecified atom stereocenters. The summed E-state index contributed by atoms with van der Waals surface area (Å²) in [7, 11) is 0. The molecule has 3 heteroatoms. The average Bonchev–Trinajstić information content (AvgIpc) is 2.77. The lowest BCUT2D eigenvalue weighted by molar-refractivity contribution is -0.137. The van der Waals surface area contributed by atoms with Gasteiger partial charge in [0, 0.05) is 19.5 Å². The summed E-state index contributed by atoms with van der Waals surface area (Å²) in [4.78, 5) is 13.0. The lowest BCUT2D eigenvalue weighted by atomic mass is 10.0. The van der Waals surface area contributed by atoms with E-state index in [1.165, 1.54) is 11.1 Å². The van der Waals surface area contributed by atoms with E-state index < -0.39 is 5.97 Å². The molecule has 98 valence electrons. The third kappa shape index (κ3) is 3.57. The van der Waals surface area contributed by atoms with Crippen molar-refractivity contribution >= 4 is 5.97 Å². The van der Waals surface area contributed by atoms with E-state index in [0.29, 0.717) is 12.3 Å². The van der Waals surface area contributed by atoms with Crippen LogP contribution in [0.1, 0.15) is 30.4 Å². The Morgan fingerprint density at radius 2 is 2.22 bits per heavy atom. The summed E-state index contributed by atoms with van der Waals surface area (Å²) in [6.45, 7) is 5.28. The van der Waals surface area contributed by atoms with E-state index in [1.807, 2.05) is 0 Å². The predicted molar refractivity (Wildman–Crippen MR) is 71.4 cm³/mol. The van der Waals surface area contributed by atoms with Crippen LogP contribution >= 0.6 is 0 Å². The number of carboxylic acids is 1. The van der Waals surface area contributed by atoms with Crippen LogP contribution in [0.4, 0.5) is 0 Å². The molecule has 0 radical (unpaired) electrons. The van der Waals surface area contributed by atoms with Crippen LogP contribution in [0.5, 0.6) is 0 Å². The van der Waals surface area contributed by atoms with Crippen LogP contribution in [0.25, 0.3) is 0 Å². The molecule has 2 rings (SSSR count). The van der Waals surface area contributed by atoms with Crippen molar-refractivity contribution in [3.8, 4) is 0 Å². The number of rotatable bonds is 5. The molecule has 1 aromatic carbocycles. The second kappa shape index (κ2) is 6.01. The van der Waals surface area contributed by atoms with Crippen LogP contribution < -0.4 is 0 Å². The first-order valence-electron chi connectivity index (χ1n) is 6.64. The first-order chi connectivity index (χ1) is 8.65. The van der Waals surface area contributed by atoms with Gasteiger partial charge in [0.25, 0.3) is 0 Å². The van der Waals surface area contributed by atoms with Gasteiger partial charge < -0.3 is 5.11 Å². The first kappa shape index (κ1) is 13.1. The van der Waals surface area contributed by atoms with Crippen molar-refractivity contribution in [1.82, 2.24) is 4.90 Å². The summed E-state index contributed by atoms with van der Waals surface area (Å²) in [5, 5.41) is 8.70. The van der Waals surface area contributed by atoms with Crippen molar-refractivity contribution in [3.05, 3.63) is 35.4 Å². The summed E-state index contributed by atoms with van der Waals surface area (Å²) < 4.78 is 0. The molecule has 1 fully saturated rings. The van der Waals surface area contributed by atoms with Crippen molar-refractivity contribution in [2.75, 3.05) is 13.1 Å². The monoisotopic (exact) mass is 247 g/mol. The smallest absolute Gasteiger partial charge is 0.303 e. The molecule has 1 N–H and O–H groups in total. The molecular weight excluding hydrogens is 226 g/mol. The molecule has 0 amide bonds. The van der Waals surface area contributed by atoms with Crippen LogP contribution in [-0.2, 0) is 11.3 Å². The van der Waals surface area contributed by atoms with Gasteiger partial charge in [-0.2, -0.15) is 0 Å². The summed E-state index contributed by atoms with van der Waals surface area (Å²) in [6.07, 6.45) is 2.27. The van der Waals surface area contributed by atoms with Crippen LogP contribution in [0, 0.1) is 12.8 Å². The second-order valence-corrected chi connectivity index (χ2v) is 5.25. The highest BCUT2D eigenvalue weighted by atomic mass is 16.4. The Morgan fingerprint density at radius 3 is 2.94 bits per heavy atom. The Bertz CT molecular complexity index is 417. The molecule has 0 saturated carbocycles. The molecule has 1 heterocycles. The largest absolute Gasteiger partial charge is 0.481 e. The van der Waals surface area contributed by atoms with E-state index >= 15 is 0 Å². The lowest BCUT2D eigenvalue weighted by Crippen LogP contribution is -2.20. The van der Waals surface area contributed by atoms with E-state index in [2.05, 4.69) is 36.1 Å². The molecule has 1 aromatic rings. The zero-order valence-electron chi connectivity index (χ0n) is 10.9. The van der Waals surface area contributed by atoms with Crippen LogP contribution in [0.3, 0.4) is 0 Å². The Labute approximate surface area is 108 Å². The van der Waals surface area contributed by atoms with Crippen molar-refractivity contribution in [2.24, 2.45) is 5.92 Å². The molecule has 1 aliphatic rings. The average molecular weight is 247 g/mol. The Hall–Kier alpha value is -1.35. The van der Waals surface area contributed by atoms with Gasteiger partial charge in [0.1, 0.15) is 0 Å². The van der Waals surface area contributed by atoms with Crippen LogP contribution in [-0.4, -0.2) is 29.1 Å². The summed E-state index contributed by atoms with van der Waals surface area (Å²) in [5.74, 6) is -0.113. The Kier molecular flexibility index (Phi) is 4.37. The van der Waals surface area contributed by atoms with E-state index in [9.17, 15) is 4.79 Å². The molecule has 18 heavy (non-hydrogen) atoms. The molecule has 0 aromatic heterocycles. The van der Waals surface area contributed by atoms with Crippen molar-refractivity contribution < 1.29 is 9.90 Å². The van der Waals surface area contributed by atoms with Gasteiger partial charge in [-0.1, -0.05) is 24.3 Å². The molecule has 1 atom stereocenters. The zero-order valence-corrected chi connectivity index (χ0v) is 10.9. The molecular formula is C15H21NO2. The number of hydrogen-bond donors (Lipinski definition) is 1. The summed E-state index contributed by atoms with van der Waals surface area (Å²) in [6, 6.07) is 8.48. The van der Waals surface area contributed by atoms with Gasteiger partial charge in [-0.15, -0.1) is 0 Å². The van der Waals surface area contributed by atoms with Gasteiger partial charge in [-0.05, 0) is 43.4 Å². The fraction of sp³-hybridized carbons (Fsp3) is 0.533. The Balaban J connectivity index is 1.83. The number of aryl methyl sites for hydroxylation is 1. The number of hydrogen-bond acceptors (Lipinski definition) is 2. The molecule has 1 aliphatic heterocycles. The van der Waals surface area contributed by atoms with E-state index in [0.717, 1.165) is 32.5 Å². The molecule has 0 spiro atoms. The quantitative estimate of drug-likeness (QED) is 0.869. The minimum atomic E-state index is -0.674. The molecule has 3 nitrogen and oxygen atoms in total. The van der Waals surface area contributed by atoms with E-state index in [-0.39, 0.29) is 0 Å². The SMILES string of the molecule is Cc1ccccc1CN1CCC(CCC(=O)O)C1. The topological polar surface area (TPSA) is 40.5 Å². The third-order valence-corrected chi connectivity index (χ3v) is 3.79. The fourth-order valence-electron chi connectivity index (χ4n) is 2.65. The zero-order chi connectivity index (χ0) is 13.0. The van der Waals surface area contributed by atoms with Crippen molar-refractivity contribution in [3.63, 3.8) is 0 Å². The highest BCUT2D eigenvalue weighted by molar-refractivity contribution is 5.66. The van der Waals surface area contributed by atoms with E-state index in [1.54, 1.807) is 0 Å². The minimum absolute atomic E-state index is 0.308. The lowest BCUT2D eigenvalue weighted by Gasteiger charge is -2.17. The summed E-state index contributed by atoms with van der Waals surface area (Å²) >= 11 is 0. The van der Waals surface area contributed by atoms with Gasteiger partial charge in [-0.25, -0.2) is 0 Å². The normalized spacial score (nSPS) is 20.2. The first-order valence-corrected chi connectivity index (χ1v) is 6.64.